The van der Waals surface area contributed by atoms with Crippen molar-refractivity contribution in [3.05, 3.63) is 42.2 Å². The number of aromatic nitrogens is 2. The van der Waals surface area contributed by atoms with Gasteiger partial charge in [0.1, 0.15) is 5.54 Å². The molecular formula is C17H24ClN5O3S. The van der Waals surface area contributed by atoms with Crippen LogP contribution in [0.2, 0.25) is 0 Å². The summed E-state index contributed by atoms with van der Waals surface area (Å²) in [6.45, 7) is 3.10. The van der Waals surface area contributed by atoms with Gasteiger partial charge in [0.25, 0.3) is 5.91 Å². The summed E-state index contributed by atoms with van der Waals surface area (Å²) in [5.41, 5.74) is 0.190. The molecule has 1 amide bonds. The van der Waals surface area contributed by atoms with E-state index in [0.717, 1.165) is 0 Å². The SMILES string of the molecule is CNS(=O)(=O)c1cccc(NC(=O)C2(n3cccn3)CCNCC2)c1C.Cl. The lowest BCUT2D eigenvalue weighted by Crippen LogP contribution is -2.52. The molecule has 1 fully saturated rings. The molecule has 0 bridgehead atoms. The normalized spacial score (nSPS) is 16.4. The fourth-order valence-electron chi connectivity index (χ4n) is 3.31. The van der Waals surface area contributed by atoms with E-state index in [1.165, 1.54) is 13.1 Å². The van der Waals surface area contributed by atoms with Crippen molar-refractivity contribution in [1.29, 1.82) is 0 Å². The number of piperidine rings is 1. The van der Waals surface area contributed by atoms with Gasteiger partial charge in [0.15, 0.2) is 0 Å². The van der Waals surface area contributed by atoms with Gasteiger partial charge in [0, 0.05) is 18.1 Å². The first-order valence-electron chi connectivity index (χ1n) is 8.46. The number of halogens is 1. The third kappa shape index (κ3) is 4.01. The predicted molar refractivity (Wildman–Crippen MR) is 106 cm³/mol. The summed E-state index contributed by atoms with van der Waals surface area (Å²) in [7, 11) is -2.24. The maximum Gasteiger partial charge on any atom is 0.252 e. The van der Waals surface area contributed by atoms with E-state index in [1.807, 2.05) is 0 Å². The number of carbonyl (C=O) groups excluding carboxylic acids is 1. The number of anilines is 1. The Morgan fingerprint density at radius 3 is 2.56 bits per heavy atom. The monoisotopic (exact) mass is 413 g/mol. The second-order valence-corrected chi connectivity index (χ2v) is 8.18. The van der Waals surface area contributed by atoms with E-state index in [-0.39, 0.29) is 23.2 Å². The predicted octanol–water partition coefficient (Wildman–Crippen LogP) is 1.24. The third-order valence-corrected chi connectivity index (χ3v) is 6.45. The molecule has 3 rings (SSSR count). The molecule has 2 aromatic rings. The Kier molecular flexibility index (Phi) is 6.63. The lowest BCUT2D eigenvalue weighted by molar-refractivity contribution is -0.126. The zero-order valence-corrected chi connectivity index (χ0v) is 16.9. The number of rotatable bonds is 5. The van der Waals surface area contributed by atoms with E-state index in [0.29, 0.717) is 37.2 Å². The molecule has 3 N–H and O–H groups in total. The molecule has 27 heavy (non-hydrogen) atoms. The highest BCUT2D eigenvalue weighted by atomic mass is 35.5. The zero-order chi connectivity index (χ0) is 18.8. The number of nitrogens with zero attached hydrogens (tertiary/aromatic N) is 2. The number of carbonyl (C=O) groups is 1. The molecule has 0 aliphatic carbocycles. The molecule has 148 valence electrons. The Morgan fingerprint density at radius 1 is 1.26 bits per heavy atom. The van der Waals surface area contributed by atoms with Crippen molar-refractivity contribution in [3.8, 4) is 0 Å². The van der Waals surface area contributed by atoms with Gasteiger partial charge in [-0.15, -0.1) is 12.4 Å². The summed E-state index contributed by atoms with van der Waals surface area (Å²) < 4.78 is 28.3. The second-order valence-electron chi connectivity index (χ2n) is 6.32. The molecule has 2 heterocycles. The molecule has 1 aliphatic heterocycles. The smallest absolute Gasteiger partial charge is 0.252 e. The van der Waals surface area contributed by atoms with E-state index < -0.39 is 15.6 Å². The molecule has 0 saturated carbocycles. The molecule has 0 atom stereocenters. The van der Waals surface area contributed by atoms with Gasteiger partial charge in [-0.05, 0) is 63.7 Å². The molecule has 1 saturated heterocycles. The van der Waals surface area contributed by atoms with Gasteiger partial charge >= 0.3 is 0 Å². The van der Waals surface area contributed by atoms with Crippen LogP contribution in [-0.2, 0) is 20.4 Å². The van der Waals surface area contributed by atoms with Crippen LogP contribution in [0.3, 0.4) is 0 Å². The van der Waals surface area contributed by atoms with Gasteiger partial charge in [-0.3, -0.25) is 9.48 Å². The molecule has 1 aromatic heterocycles. The van der Waals surface area contributed by atoms with Crippen LogP contribution in [0.15, 0.2) is 41.6 Å². The van der Waals surface area contributed by atoms with E-state index in [1.54, 1.807) is 42.2 Å². The maximum atomic E-state index is 13.2. The van der Waals surface area contributed by atoms with Crippen LogP contribution < -0.4 is 15.4 Å². The molecule has 1 aromatic carbocycles. The lowest BCUT2D eigenvalue weighted by Gasteiger charge is -2.36. The van der Waals surface area contributed by atoms with E-state index in [2.05, 4.69) is 20.5 Å². The minimum Gasteiger partial charge on any atom is -0.324 e. The highest BCUT2D eigenvalue weighted by Crippen LogP contribution is 2.30. The van der Waals surface area contributed by atoms with Crippen molar-refractivity contribution in [1.82, 2.24) is 19.8 Å². The first-order valence-corrected chi connectivity index (χ1v) is 9.94. The van der Waals surface area contributed by atoms with E-state index in [4.69, 9.17) is 0 Å². The number of amides is 1. The molecule has 10 heteroatoms. The Bertz CT molecular complexity index is 893. The highest BCUT2D eigenvalue weighted by molar-refractivity contribution is 7.89. The molecule has 1 aliphatic rings. The summed E-state index contributed by atoms with van der Waals surface area (Å²) >= 11 is 0. The van der Waals surface area contributed by atoms with E-state index in [9.17, 15) is 13.2 Å². The summed E-state index contributed by atoms with van der Waals surface area (Å²) in [6.07, 6.45) is 4.66. The fourth-order valence-corrected chi connectivity index (χ4v) is 4.30. The summed E-state index contributed by atoms with van der Waals surface area (Å²) in [4.78, 5) is 13.4. The van der Waals surface area contributed by atoms with Crippen molar-refractivity contribution in [2.45, 2.75) is 30.2 Å². The minimum atomic E-state index is -3.60. The maximum absolute atomic E-state index is 13.2. The standard InChI is InChI=1S/C17H23N5O3S.ClH/c1-13-14(5-3-6-15(13)26(24,25)18-2)21-16(23)17(7-10-19-11-8-17)22-12-4-9-20-22;/h3-6,9,12,18-19H,7-8,10-11H2,1-2H3,(H,21,23);1H. The van der Waals surface area contributed by atoms with Crippen molar-refractivity contribution >= 4 is 34.0 Å². The number of hydrogen-bond acceptors (Lipinski definition) is 5. The van der Waals surface area contributed by atoms with Crippen LogP contribution in [0, 0.1) is 6.92 Å². The van der Waals surface area contributed by atoms with Gasteiger partial charge < -0.3 is 10.6 Å². The quantitative estimate of drug-likeness (QED) is 0.684. The topological polar surface area (TPSA) is 105 Å². The van der Waals surface area contributed by atoms with Crippen molar-refractivity contribution < 1.29 is 13.2 Å². The Hall–Kier alpha value is -1.94. The molecule has 0 unspecified atom stereocenters. The Labute approximate surface area is 165 Å². The molecule has 8 nitrogen and oxygen atoms in total. The van der Waals surface area contributed by atoms with Gasteiger partial charge in [-0.1, -0.05) is 6.07 Å². The van der Waals surface area contributed by atoms with Gasteiger partial charge in [0.2, 0.25) is 10.0 Å². The molecular weight excluding hydrogens is 390 g/mol. The fraction of sp³-hybridized carbons (Fsp3) is 0.412. The van der Waals surface area contributed by atoms with Crippen LogP contribution in [0.25, 0.3) is 0 Å². The van der Waals surface area contributed by atoms with E-state index >= 15 is 0 Å². The lowest BCUT2D eigenvalue weighted by atomic mass is 9.87. The van der Waals surface area contributed by atoms with Crippen LogP contribution in [0.5, 0.6) is 0 Å². The number of hydrogen-bond donors (Lipinski definition) is 3. The summed E-state index contributed by atoms with van der Waals surface area (Å²) in [6, 6.07) is 6.64. The Morgan fingerprint density at radius 2 is 1.96 bits per heavy atom. The largest absolute Gasteiger partial charge is 0.324 e. The van der Waals surface area contributed by atoms with Crippen LogP contribution in [-0.4, -0.2) is 44.2 Å². The first kappa shape index (κ1) is 21.4. The van der Waals surface area contributed by atoms with Crippen LogP contribution >= 0.6 is 12.4 Å². The van der Waals surface area contributed by atoms with Crippen LogP contribution in [0.4, 0.5) is 5.69 Å². The highest BCUT2D eigenvalue weighted by Gasteiger charge is 2.42. The van der Waals surface area contributed by atoms with Gasteiger partial charge in [-0.25, -0.2) is 13.1 Å². The van der Waals surface area contributed by atoms with Crippen molar-refractivity contribution in [2.75, 3.05) is 25.5 Å². The van der Waals surface area contributed by atoms with Gasteiger partial charge in [0.05, 0.1) is 4.90 Å². The van der Waals surface area contributed by atoms with Crippen molar-refractivity contribution in [3.63, 3.8) is 0 Å². The second kappa shape index (κ2) is 8.39. The zero-order valence-electron chi connectivity index (χ0n) is 15.2. The number of nitrogens with one attached hydrogen (secondary N) is 3. The first-order chi connectivity index (χ1) is 12.4. The number of sulfonamides is 1. The molecule has 0 radical (unpaired) electrons. The van der Waals surface area contributed by atoms with Gasteiger partial charge in [-0.2, -0.15) is 5.10 Å². The average molecular weight is 414 g/mol. The molecule has 0 spiro atoms. The third-order valence-electron chi connectivity index (χ3n) is 4.89. The van der Waals surface area contributed by atoms with Crippen LogP contribution in [0.1, 0.15) is 18.4 Å². The summed E-state index contributed by atoms with van der Waals surface area (Å²) in [5, 5.41) is 10.5. The minimum absolute atomic E-state index is 0. The van der Waals surface area contributed by atoms with Crippen molar-refractivity contribution in [2.24, 2.45) is 0 Å². The average Bonchev–Trinajstić information content (AvgIpc) is 3.19. The number of benzene rings is 1. The Balaban J connectivity index is 0.00000261. The summed E-state index contributed by atoms with van der Waals surface area (Å²) in [5.74, 6) is -0.190.